The number of benzene rings is 2. The molecule has 2 aromatic rings. The lowest BCUT2D eigenvalue weighted by molar-refractivity contribution is 0.102. The number of hydrogen-bond acceptors (Lipinski definition) is 2. The third kappa shape index (κ3) is 2.47. The van der Waals surface area contributed by atoms with Gasteiger partial charge in [0.2, 0.25) is 0 Å². The fraction of sp³-hybridized carbons (Fsp3) is 0.133. The van der Waals surface area contributed by atoms with Gasteiger partial charge in [-0.25, -0.2) is 8.78 Å². The van der Waals surface area contributed by atoms with Crippen LogP contribution in [0.15, 0.2) is 36.4 Å². The molecule has 3 rings (SSSR count). The van der Waals surface area contributed by atoms with E-state index < -0.39 is 11.6 Å². The summed E-state index contributed by atoms with van der Waals surface area (Å²) in [7, 11) is 0. The lowest BCUT2D eigenvalue weighted by Crippen LogP contribution is -2.12. The normalized spacial score (nSPS) is 12.7. The van der Waals surface area contributed by atoms with Gasteiger partial charge in [0.1, 0.15) is 11.6 Å². The minimum Gasteiger partial charge on any atom is -0.384 e. The van der Waals surface area contributed by atoms with E-state index in [1.54, 1.807) is 12.1 Å². The molecule has 0 aliphatic carbocycles. The van der Waals surface area contributed by atoms with Gasteiger partial charge < -0.3 is 10.6 Å². The Morgan fingerprint density at radius 1 is 1.10 bits per heavy atom. The first kappa shape index (κ1) is 12.6. The first-order valence-electron chi connectivity index (χ1n) is 6.26. The zero-order valence-electron chi connectivity index (χ0n) is 10.5. The lowest BCUT2D eigenvalue weighted by atomic mass is 10.1. The molecule has 1 aliphatic rings. The Kier molecular flexibility index (Phi) is 3.10. The van der Waals surface area contributed by atoms with Crippen molar-refractivity contribution in [3.63, 3.8) is 0 Å². The van der Waals surface area contributed by atoms with Crippen molar-refractivity contribution in [1.29, 1.82) is 0 Å². The van der Waals surface area contributed by atoms with Crippen LogP contribution < -0.4 is 10.6 Å². The third-order valence-corrected chi connectivity index (χ3v) is 3.20. The van der Waals surface area contributed by atoms with Gasteiger partial charge in [-0.3, -0.25) is 4.79 Å². The van der Waals surface area contributed by atoms with Crippen LogP contribution in [-0.4, -0.2) is 12.5 Å². The van der Waals surface area contributed by atoms with E-state index in [4.69, 9.17) is 0 Å². The minimum absolute atomic E-state index is 0.103. The maximum Gasteiger partial charge on any atom is 0.255 e. The van der Waals surface area contributed by atoms with Crippen LogP contribution in [0.3, 0.4) is 0 Å². The summed E-state index contributed by atoms with van der Waals surface area (Å²) in [4.78, 5) is 12.1. The molecule has 0 saturated carbocycles. The highest BCUT2D eigenvalue weighted by atomic mass is 19.1. The van der Waals surface area contributed by atoms with Crippen molar-refractivity contribution in [3.8, 4) is 0 Å². The second-order valence-electron chi connectivity index (χ2n) is 4.66. The van der Waals surface area contributed by atoms with Crippen molar-refractivity contribution >= 4 is 17.3 Å². The van der Waals surface area contributed by atoms with Crippen molar-refractivity contribution in [2.75, 3.05) is 17.2 Å². The zero-order valence-corrected chi connectivity index (χ0v) is 10.5. The molecule has 0 radical (unpaired) electrons. The molecule has 5 heteroatoms. The molecular weight excluding hydrogens is 262 g/mol. The summed E-state index contributed by atoms with van der Waals surface area (Å²) in [5, 5.41) is 5.69. The van der Waals surface area contributed by atoms with Crippen LogP contribution in [0, 0.1) is 11.6 Å². The summed E-state index contributed by atoms with van der Waals surface area (Å²) in [6.07, 6.45) is 0.866. The molecule has 102 valence electrons. The molecule has 20 heavy (non-hydrogen) atoms. The van der Waals surface area contributed by atoms with Crippen molar-refractivity contribution in [3.05, 3.63) is 59.2 Å². The van der Waals surface area contributed by atoms with E-state index in [0.717, 1.165) is 42.4 Å². The van der Waals surface area contributed by atoms with Gasteiger partial charge in [0.25, 0.3) is 5.91 Å². The van der Waals surface area contributed by atoms with Crippen LogP contribution in [0.5, 0.6) is 0 Å². The smallest absolute Gasteiger partial charge is 0.255 e. The van der Waals surface area contributed by atoms with Gasteiger partial charge in [-0.2, -0.15) is 0 Å². The Balaban J connectivity index is 1.82. The lowest BCUT2D eigenvalue weighted by Gasteiger charge is -2.07. The average Bonchev–Trinajstić information content (AvgIpc) is 2.84. The van der Waals surface area contributed by atoms with Crippen molar-refractivity contribution < 1.29 is 13.6 Å². The van der Waals surface area contributed by atoms with Gasteiger partial charge in [0.05, 0.1) is 0 Å². The van der Waals surface area contributed by atoms with Gasteiger partial charge in [-0.05, 0) is 42.3 Å². The number of carbonyl (C=O) groups excluding carboxylic acids is 1. The van der Waals surface area contributed by atoms with E-state index in [-0.39, 0.29) is 11.6 Å². The number of hydrogen-bond donors (Lipinski definition) is 2. The molecule has 2 aromatic carbocycles. The fourth-order valence-corrected chi connectivity index (χ4v) is 2.28. The van der Waals surface area contributed by atoms with Gasteiger partial charge in [-0.15, -0.1) is 0 Å². The molecule has 0 unspecified atom stereocenters. The topological polar surface area (TPSA) is 41.1 Å². The summed E-state index contributed by atoms with van der Waals surface area (Å²) in [6, 6.07) is 8.23. The van der Waals surface area contributed by atoms with Crippen LogP contribution in [0.1, 0.15) is 15.9 Å². The van der Waals surface area contributed by atoms with Crippen LogP contribution in [-0.2, 0) is 6.42 Å². The molecule has 1 amide bonds. The first-order valence-corrected chi connectivity index (χ1v) is 6.26. The Bertz CT molecular complexity index is 665. The highest BCUT2D eigenvalue weighted by molar-refractivity contribution is 6.04. The molecule has 3 nitrogen and oxygen atoms in total. The van der Waals surface area contributed by atoms with E-state index >= 15 is 0 Å². The number of carbonyl (C=O) groups is 1. The quantitative estimate of drug-likeness (QED) is 0.883. The van der Waals surface area contributed by atoms with Crippen LogP contribution in [0.25, 0.3) is 0 Å². The molecule has 0 bridgehead atoms. The van der Waals surface area contributed by atoms with Crippen LogP contribution in [0.2, 0.25) is 0 Å². The van der Waals surface area contributed by atoms with Crippen molar-refractivity contribution in [1.82, 2.24) is 0 Å². The van der Waals surface area contributed by atoms with E-state index in [9.17, 15) is 13.6 Å². The Labute approximate surface area is 114 Å². The molecule has 0 saturated heterocycles. The zero-order chi connectivity index (χ0) is 14.1. The number of rotatable bonds is 2. The van der Waals surface area contributed by atoms with E-state index in [1.165, 1.54) is 0 Å². The van der Waals surface area contributed by atoms with Gasteiger partial charge >= 0.3 is 0 Å². The number of halogens is 2. The van der Waals surface area contributed by atoms with Crippen molar-refractivity contribution in [2.24, 2.45) is 0 Å². The van der Waals surface area contributed by atoms with E-state index in [0.29, 0.717) is 5.56 Å². The number of fused-ring (bicyclic) bond motifs is 1. The van der Waals surface area contributed by atoms with Crippen LogP contribution >= 0.6 is 0 Å². The molecule has 0 aromatic heterocycles. The Morgan fingerprint density at radius 2 is 1.85 bits per heavy atom. The first-order chi connectivity index (χ1) is 9.61. The number of anilines is 2. The van der Waals surface area contributed by atoms with Crippen molar-refractivity contribution in [2.45, 2.75) is 6.42 Å². The summed E-state index contributed by atoms with van der Waals surface area (Å²) >= 11 is 0. The predicted molar refractivity (Wildman–Crippen MR) is 72.9 cm³/mol. The summed E-state index contributed by atoms with van der Waals surface area (Å²) in [5.74, 6) is -1.83. The fourth-order valence-electron chi connectivity index (χ4n) is 2.28. The summed E-state index contributed by atoms with van der Waals surface area (Å²) < 4.78 is 26.1. The SMILES string of the molecule is O=C(Nc1cc(F)cc(F)c1)c1ccc2c(c1)CCN2. The standard InChI is InChI=1S/C15H12F2N2O/c16-11-6-12(17)8-13(7-11)19-15(20)10-1-2-14-9(5-10)3-4-18-14/h1-2,5-8,18H,3-4H2,(H,19,20). The Morgan fingerprint density at radius 3 is 2.60 bits per heavy atom. The molecule has 0 atom stereocenters. The molecule has 1 heterocycles. The third-order valence-electron chi connectivity index (χ3n) is 3.20. The predicted octanol–water partition coefficient (Wildman–Crippen LogP) is 3.19. The molecule has 2 N–H and O–H groups in total. The second-order valence-corrected chi connectivity index (χ2v) is 4.66. The van der Waals surface area contributed by atoms with Gasteiger partial charge in [0, 0.05) is 29.5 Å². The second kappa shape index (κ2) is 4.92. The summed E-state index contributed by atoms with van der Waals surface area (Å²) in [6.45, 7) is 0.857. The van der Waals surface area contributed by atoms with Gasteiger partial charge in [-0.1, -0.05) is 0 Å². The minimum atomic E-state index is -0.724. The summed E-state index contributed by atoms with van der Waals surface area (Å²) in [5.41, 5.74) is 2.67. The van der Waals surface area contributed by atoms with E-state index in [1.807, 2.05) is 6.07 Å². The van der Waals surface area contributed by atoms with Gasteiger partial charge in [0.15, 0.2) is 0 Å². The molecular formula is C15H12F2N2O. The Hall–Kier alpha value is -2.43. The molecule has 1 aliphatic heterocycles. The average molecular weight is 274 g/mol. The van der Waals surface area contributed by atoms with Crippen LogP contribution in [0.4, 0.5) is 20.2 Å². The highest BCUT2D eigenvalue weighted by Gasteiger charge is 2.14. The van der Waals surface area contributed by atoms with E-state index in [2.05, 4.69) is 10.6 Å². The highest BCUT2D eigenvalue weighted by Crippen LogP contribution is 2.23. The number of amides is 1. The maximum absolute atomic E-state index is 13.1. The molecule has 0 fully saturated rings. The largest absolute Gasteiger partial charge is 0.384 e. The monoisotopic (exact) mass is 274 g/mol. The maximum atomic E-state index is 13.1. The molecule has 0 spiro atoms. The number of nitrogens with one attached hydrogen (secondary N) is 2.